The lowest BCUT2D eigenvalue weighted by Crippen LogP contribution is -2.08. The van der Waals surface area contributed by atoms with Gasteiger partial charge in [-0.25, -0.2) is 0 Å². The first-order valence-corrected chi connectivity index (χ1v) is 6.12. The molecule has 4 nitrogen and oxygen atoms in total. The van der Waals surface area contributed by atoms with Crippen LogP contribution < -0.4 is 15.8 Å². The molecule has 0 atom stereocenters. The fourth-order valence-corrected chi connectivity index (χ4v) is 2.33. The van der Waals surface area contributed by atoms with Crippen LogP contribution in [0.3, 0.4) is 0 Å². The Kier molecular flexibility index (Phi) is 4.18. The van der Waals surface area contributed by atoms with Gasteiger partial charge in [-0.1, -0.05) is 6.92 Å². The molecule has 5 heteroatoms. The van der Waals surface area contributed by atoms with Crippen LogP contribution in [0.5, 0.6) is 5.75 Å². The summed E-state index contributed by atoms with van der Waals surface area (Å²) in [7, 11) is 1.79. The maximum atomic E-state index is 11.6. The van der Waals surface area contributed by atoms with E-state index in [-0.39, 0.29) is 11.9 Å². The summed E-state index contributed by atoms with van der Waals surface area (Å²) in [5, 5.41) is 3.81. The summed E-state index contributed by atoms with van der Waals surface area (Å²) < 4.78 is 5.61. The van der Waals surface area contributed by atoms with Crippen LogP contribution in [-0.2, 0) is 0 Å². The van der Waals surface area contributed by atoms with E-state index in [2.05, 4.69) is 5.32 Å². The van der Waals surface area contributed by atoms with Crippen molar-refractivity contribution in [1.82, 2.24) is 0 Å². The molecule has 1 rings (SSSR count). The number of nitrogens with two attached hydrogens (primary N) is 1. The predicted molar refractivity (Wildman–Crippen MR) is 68.7 cm³/mol. The van der Waals surface area contributed by atoms with Gasteiger partial charge in [0.15, 0.2) is 11.5 Å². The van der Waals surface area contributed by atoms with Crippen molar-refractivity contribution in [1.29, 1.82) is 0 Å². The molecule has 0 spiro atoms. The smallest absolute Gasteiger partial charge is 0.177 e. The third-order valence-corrected chi connectivity index (χ3v) is 3.30. The number of hydrogen-bond donors (Lipinski definition) is 2. The monoisotopic (exact) mass is 242 g/mol. The van der Waals surface area contributed by atoms with Crippen molar-refractivity contribution >= 4 is 27.8 Å². The number of nitrogen functional groups attached to an aromatic ring is 1. The van der Waals surface area contributed by atoms with Gasteiger partial charge in [0.2, 0.25) is 0 Å². The molecule has 0 radical (unpaired) electrons. The maximum absolute atomic E-state index is 11.6. The first kappa shape index (κ1) is 12.8. The number of Topliss-reactive ketones (excluding diaryl/α,β-unsaturated/α-hetero) is 1. The van der Waals surface area contributed by atoms with E-state index in [0.717, 1.165) is 5.00 Å². The van der Waals surface area contributed by atoms with Crippen molar-refractivity contribution in [2.45, 2.75) is 33.3 Å². The number of nitrogens with one attached hydrogen (secondary N) is 1. The van der Waals surface area contributed by atoms with E-state index in [4.69, 9.17) is 10.5 Å². The van der Waals surface area contributed by atoms with Crippen molar-refractivity contribution < 1.29 is 9.53 Å². The normalized spacial score (nSPS) is 10.6. The molecule has 0 unspecified atom stereocenters. The topological polar surface area (TPSA) is 64.3 Å². The molecular weight excluding hydrogens is 224 g/mol. The molecule has 0 bridgehead atoms. The molecule has 0 saturated carbocycles. The van der Waals surface area contributed by atoms with Gasteiger partial charge in [-0.2, -0.15) is 0 Å². The molecule has 0 aromatic carbocycles. The molecule has 0 aliphatic rings. The van der Waals surface area contributed by atoms with Gasteiger partial charge >= 0.3 is 0 Å². The number of anilines is 2. The van der Waals surface area contributed by atoms with E-state index in [1.165, 1.54) is 11.3 Å². The van der Waals surface area contributed by atoms with Gasteiger partial charge in [0.25, 0.3) is 0 Å². The van der Waals surface area contributed by atoms with E-state index < -0.39 is 0 Å². The fourth-order valence-electron chi connectivity index (χ4n) is 1.31. The number of ether oxygens (including phenoxy) is 1. The van der Waals surface area contributed by atoms with Crippen LogP contribution in [0, 0.1) is 0 Å². The Balaban J connectivity index is 3.15. The Morgan fingerprint density at radius 2 is 2.19 bits per heavy atom. The second-order valence-corrected chi connectivity index (χ2v) is 4.72. The number of ketones is 1. The molecule has 16 heavy (non-hydrogen) atoms. The average molecular weight is 242 g/mol. The Bertz CT molecular complexity index is 386. The van der Waals surface area contributed by atoms with Gasteiger partial charge in [-0.15, -0.1) is 11.3 Å². The lowest BCUT2D eigenvalue weighted by Gasteiger charge is -2.11. The molecule has 3 N–H and O–H groups in total. The van der Waals surface area contributed by atoms with Crippen LogP contribution in [0.2, 0.25) is 0 Å². The average Bonchev–Trinajstić information content (AvgIpc) is 2.55. The number of carbonyl (C=O) groups is 1. The lowest BCUT2D eigenvalue weighted by molar-refractivity contribution is 0.0992. The second-order valence-electron chi connectivity index (χ2n) is 3.70. The van der Waals surface area contributed by atoms with Crippen molar-refractivity contribution in [2.24, 2.45) is 0 Å². The highest BCUT2D eigenvalue weighted by molar-refractivity contribution is 7.19. The number of rotatable bonds is 5. The van der Waals surface area contributed by atoms with Gasteiger partial charge in [-0.05, 0) is 13.8 Å². The largest absolute Gasteiger partial charge is 0.486 e. The van der Waals surface area contributed by atoms with Gasteiger partial charge in [0, 0.05) is 13.5 Å². The minimum atomic E-state index is 0.0357. The molecule has 0 aliphatic carbocycles. The molecule has 0 amide bonds. The van der Waals surface area contributed by atoms with Crippen molar-refractivity contribution in [3.63, 3.8) is 0 Å². The van der Waals surface area contributed by atoms with Crippen LogP contribution in [0.25, 0.3) is 0 Å². The lowest BCUT2D eigenvalue weighted by atomic mass is 10.2. The maximum Gasteiger partial charge on any atom is 0.177 e. The van der Waals surface area contributed by atoms with Crippen LogP contribution in [0.15, 0.2) is 0 Å². The molecular formula is C11H18N2O2S. The number of hydrogen-bond acceptors (Lipinski definition) is 5. The summed E-state index contributed by atoms with van der Waals surface area (Å²) in [6.07, 6.45) is 0.489. The summed E-state index contributed by atoms with van der Waals surface area (Å²) in [4.78, 5) is 12.2. The molecule has 90 valence electrons. The molecule has 0 aliphatic heterocycles. The molecule has 0 fully saturated rings. The van der Waals surface area contributed by atoms with Gasteiger partial charge in [-0.3, -0.25) is 4.79 Å². The molecule has 0 saturated heterocycles. The van der Waals surface area contributed by atoms with Gasteiger partial charge in [0.1, 0.15) is 5.00 Å². The minimum absolute atomic E-state index is 0.0357. The van der Waals surface area contributed by atoms with E-state index in [1.54, 1.807) is 7.05 Å². The Labute approximate surface area is 99.8 Å². The Hall–Kier alpha value is -1.23. The minimum Gasteiger partial charge on any atom is -0.486 e. The quantitative estimate of drug-likeness (QED) is 0.779. The fraction of sp³-hybridized carbons (Fsp3) is 0.545. The van der Waals surface area contributed by atoms with E-state index in [9.17, 15) is 4.79 Å². The standard InChI is InChI=1S/C11H18N2O2S/c1-5-7(14)10-8(12)9(15-6(2)3)11(13-4)16-10/h6,13H,5,12H2,1-4H3. The van der Waals surface area contributed by atoms with Crippen molar-refractivity contribution in [3.8, 4) is 5.75 Å². The Morgan fingerprint density at radius 3 is 2.62 bits per heavy atom. The zero-order chi connectivity index (χ0) is 12.3. The molecule has 1 heterocycles. The van der Waals surface area contributed by atoms with Gasteiger partial charge in [0.05, 0.1) is 16.7 Å². The number of carbonyl (C=O) groups excluding carboxylic acids is 1. The third kappa shape index (κ3) is 2.47. The summed E-state index contributed by atoms with van der Waals surface area (Å²) >= 11 is 1.35. The van der Waals surface area contributed by atoms with Crippen LogP contribution >= 0.6 is 11.3 Å². The van der Waals surface area contributed by atoms with Crippen molar-refractivity contribution in [2.75, 3.05) is 18.1 Å². The highest BCUT2D eigenvalue weighted by atomic mass is 32.1. The van der Waals surface area contributed by atoms with Crippen molar-refractivity contribution in [3.05, 3.63) is 4.88 Å². The summed E-state index contributed by atoms with van der Waals surface area (Å²) in [5.41, 5.74) is 6.38. The second kappa shape index (κ2) is 5.21. The highest BCUT2D eigenvalue weighted by Gasteiger charge is 2.21. The molecule has 1 aromatic rings. The first-order valence-electron chi connectivity index (χ1n) is 5.31. The zero-order valence-corrected chi connectivity index (χ0v) is 10.9. The summed E-state index contributed by atoms with van der Waals surface area (Å²) in [6, 6.07) is 0. The van der Waals surface area contributed by atoms with Crippen LogP contribution in [-0.4, -0.2) is 18.9 Å². The van der Waals surface area contributed by atoms with E-state index in [1.807, 2.05) is 20.8 Å². The first-order chi connectivity index (χ1) is 7.51. The van der Waals surface area contributed by atoms with Gasteiger partial charge < -0.3 is 15.8 Å². The highest BCUT2D eigenvalue weighted by Crippen LogP contribution is 2.43. The summed E-state index contributed by atoms with van der Waals surface area (Å²) in [5.74, 6) is 0.650. The predicted octanol–water partition coefficient (Wildman–Crippen LogP) is 2.75. The van der Waals surface area contributed by atoms with Crippen LogP contribution in [0.4, 0.5) is 10.7 Å². The molecule has 1 aromatic heterocycles. The third-order valence-electron chi connectivity index (χ3n) is 2.05. The number of thiophene rings is 1. The summed E-state index contributed by atoms with van der Waals surface area (Å²) in [6.45, 7) is 5.68. The van der Waals surface area contributed by atoms with E-state index >= 15 is 0 Å². The van der Waals surface area contributed by atoms with Crippen LogP contribution in [0.1, 0.15) is 36.9 Å². The SMILES string of the molecule is CCC(=O)c1sc(NC)c(OC(C)C)c1N. The van der Waals surface area contributed by atoms with E-state index in [0.29, 0.717) is 22.7 Å². The zero-order valence-electron chi connectivity index (χ0n) is 10.1. The Morgan fingerprint density at radius 1 is 1.56 bits per heavy atom.